The van der Waals surface area contributed by atoms with Gasteiger partial charge in [-0.3, -0.25) is 4.79 Å². The van der Waals surface area contributed by atoms with Crippen LogP contribution in [0.2, 0.25) is 0 Å². The number of carbonyl (C=O) groups excluding carboxylic acids is 1. The minimum Gasteiger partial charge on any atom is -0.488 e. The molecule has 0 saturated carbocycles. The van der Waals surface area contributed by atoms with E-state index in [1.807, 2.05) is 0 Å². The third kappa shape index (κ3) is 4.80. The zero-order valence-electron chi connectivity index (χ0n) is 20.9. The highest BCUT2D eigenvalue weighted by molar-refractivity contribution is 7.14. The first-order chi connectivity index (χ1) is 16.9. The first-order valence-corrected chi connectivity index (χ1v) is 13.2. The summed E-state index contributed by atoms with van der Waals surface area (Å²) in [4.78, 5) is 19.2. The molecule has 5 rings (SSSR count). The lowest BCUT2D eigenvalue weighted by Crippen LogP contribution is -2.27. The summed E-state index contributed by atoms with van der Waals surface area (Å²) in [6.07, 6.45) is 1.85. The van der Waals surface area contributed by atoms with Crippen LogP contribution in [0.5, 0.6) is 5.75 Å². The molecule has 0 aliphatic carbocycles. The Balaban J connectivity index is 1.37. The first-order valence-electron chi connectivity index (χ1n) is 12.3. The number of esters is 1. The number of methoxy groups -OCH3 is 1. The molecule has 2 aliphatic heterocycles. The van der Waals surface area contributed by atoms with Gasteiger partial charge in [0.25, 0.3) is 0 Å². The molecule has 2 atom stereocenters. The Bertz CT molecular complexity index is 1240. The quantitative estimate of drug-likeness (QED) is 0.488. The van der Waals surface area contributed by atoms with Gasteiger partial charge in [-0.2, -0.15) is 0 Å². The number of nitrogens with one attached hydrogen (secondary N) is 1. The van der Waals surface area contributed by atoms with Crippen molar-refractivity contribution in [1.82, 2.24) is 10.3 Å². The van der Waals surface area contributed by atoms with Crippen LogP contribution in [0.3, 0.4) is 0 Å². The molecule has 184 valence electrons. The highest BCUT2D eigenvalue weighted by atomic mass is 32.1. The second-order valence-electron chi connectivity index (χ2n) is 9.69. The molecule has 1 N–H and O–H groups in total. The Morgan fingerprint density at radius 1 is 1.26 bits per heavy atom. The van der Waals surface area contributed by atoms with E-state index < -0.39 is 0 Å². The van der Waals surface area contributed by atoms with Crippen LogP contribution in [0.15, 0.2) is 35.7 Å². The van der Waals surface area contributed by atoms with E-state index >= 15 is 0 Å². The van der Waals surface area contributed by atoms with Crippen LogP contribution in [0.4, 0.5) is 5.13 Å². The summed E-state index contributed by atoms with van der Waals surface area (Å²) in [5.41, 5.74) is 8.39. The fraction of sp³-hybridized carbons (Fsp3) is 0.429. The van der Waals surface area contributed by atoms with Gasteiger partial charge in [0.2, 0.25) is 0 Å². The van der Waals surface area contributed by atoms with E-state index in [2.05, 4.69) is 66.7 Å². The highest BCUT2D eigenvalue weighted by Crippen LogP contribution is 2.38. The largest absolute Gasteiger partial charge is 0.488 e. The number of benzene rings is 2. The minimum absolute atomic E-state index is 0.101. The van der Waals surface area contributed by atoms with E-state index in [-0.39, 0.29) is 17.9 Å². The van der Waals surface area contributed by atoms with Gasteiger partial charge < -0.3 is 19.7 Å². The molecule has 1 aromatic heterocycles. The number of nitrogens with zero attached hydrogens (tertiary/aromatic N) is 2. The molecule has 6 nitrogen and oxygen atoms in total. The summed E-state index contributed by atoms with van der Waals surface area (Å²) in [7, 11) is 1.46. The van der Waals surface area contributed by atoms with Crippen molar-refractivity contribution in [2.75, 3.05) is 25.1 Å². The van der Waals surface area contributed by atoms with E-state index in [1.54, 1.807) is 11.3 Å². The van der Waals surface area contributed by atoms with Crippen molar-refractivity contribution >= 4 is 22.4 Å². The molecule has 3 aromatic rings. The molecule has 0 bridgehead atoms. The number of anilines is 1. The van der Waals surface area contributed by atoms with Gasteiger partial charge in [-0.05, 0) is 74.0 Å². The molecule has 0 amide bonds. The number of aryl methyl sites for hydroxylation is 2. The van der Waals surface area contributed by atoms with Gasteiger partial charge in [-0.15, -0.1) is 11.3 Å². The molecule has 7 heteroatoms. The van der Waals surface area contributed by atoms with Gasteiger partial charge in [0, 0.05) is 30.1 Å². The van der Waals surface area contributed by atoms with E-state index in [4.69, 9.17) is 14.5 Å². The smallest absolute Gasteiger partial charge is 0.310 e. The van der Waals surface area contributed by atoms with Gasteiger partial charge in [0.15, 0.2) is 5.13 Å². The van der Waals surface area contributed by atoms with Crippen molar-refractivity contribution in [2.24, 2.45) is 5.92 Å². The fourth-order valence-electron chi connectivity index (χ4n) is 5.32. The molecule has 2 aromatic carbocycles. The first kappa shape index (κ1) is 23.8. The second-order valence-corrected chi connectivity index (χ2v) is 10.5. The maximum absolute atomic E-state index is 12.0. The van der Waals surface area contributed by atoms with E-state index in [9.17, 15) is 4.79 Å². The third-order valence-electron chi connectivity index (χ3n) is 7.22. The van der Waals surface area contributed by atoms with Crippen molar-refractivity contribution in [3.8, 4) is 17.0 Å². The Labute approximate surface area is 211 Å². The Kier molecular flexibility index (Phi) is 6.80. The van der Waals surface area contributed by atoms with Gasteiger partial charge in [0.05, 0.1) is 18.7 Å². The summed E-state index contributed by atoms with van der Waals surface area (Å²) < 4.78 is 11.4. The summed E-state index contributed by atoms with van der Waals surface area (Å²) in [6, 6.07) is 11.0. The molecular weight excluding hydrogens is 458 g/mol. The predicted octanol–water partition coefficient (Wildman–Crippen LogP) is 5.04. The van der Waals surface area contributed by atoms with Crippen molar-refractivity contribution in [2.45, 2.75) is 52.8 Å². The molecule has 1 fully saturated rings. The monoisotopic (exact) mass is 491 g/mol. The lowest BCUT2D eigenvalue weighted by molar-refractivity contribution is -0.144. The number of ether oxygens (including phenoxy) is 2. The maximum Gasteiger partial charge on any atom is 0.310 e. The average molecular weight is 492 g/mol. The van der Waals surface area contributed by atoms with Crippen LogP contribution in [0, 0.1) is 19.8 Å². The van der Waals surface area contributed by atoms with Crippen molar-refractivity contribution in [3.05, 3.63) is 63.5 Å². The Morgan fingerprint density at radius 2 is 2.11 bits per heavy atom. The SMILES string of the molecule is COC(=O)[C@@H]1C[C@H](C)N(c2nc(-c3cccc(C)c3OCc3cc(C)c4c(c3)CCNC4)cs2)C1. The molecule has 0 radical (unpaired) electrons. The van der Waals surface area contributed by atoms with Gasteiger partial charge in [-0.25, -0.2) is 4.98 Å². The van der Waals surface area contributed by atoms with Gasteiger partial charge >= 0.3 is 5.97 Å². The van der Waals surface area contributed by atoms with Crippen LogP contribution in [0.1, 0.15) is 41.2 Å². The number of rotatable bonds is 6. The maximum atomic E-state index is 12.0. The topological polar surface area (TPSA) is 63.7 Å². The Hall–Kier alpha value is -2.90. The minimum atomic E-state index is -0.140. The van der Waals surface area contributed by atoms with Crippen LogP contribution in [0.25, 0.3) is 11.3 Å². The molecule has 1 saturated heterocycles. The van der Waals surface area contributed by atoms with Crippen molar-refractivity contribution in [1.29, 1.82) is 0 Å². The van der Waals surface area contributed by atoms with E-state index in [0.717, 1.165) is 53.6 Å². The lowest BCUT2D eigenvalue weighted by atomic mass is 9.94. The summed E-state index contributed by atoms with van der Waals surface area (Å²) in [5.74, 6) is 0.638. The number of fused-ring (bicyclic) bond motifs is 1. The number of hydrogen-bond acceptors (Lipinski definition) is 7. The van der Waals surface area contributed by atoms with Crippen LogP contribution >= 0.6 is 11.3 Å². The van der Waals surface area contributed by atoms with Crippen molar-refractivity contribution in [3.63, 3.8) is 0 Å². The number of aromatic nitrogens is 1. The molecule has 35 heavy (non-hydrogen) atoms. The zero-order chi connectivity index (χ0) is 24.5. The van der Waals surface area contributed by atoms with Gasteiger partial charge in [-0.1, -0.05) is 24.3 Å². The number of carbonyl (C=O) groups is 1. The molecule has 2 aliphatic rings. The molecule has 0 spiro atoms. The molecule has 3 heterocycles. The fourth-order valence-corrected chi connectivity index (χ4v) is 6.26. The van der Waals surface area contributed by atoms with Crippen LogP contribution in [-0.4, -0.2) is 37.2 Å². The number of para-hydroxylation sites is 1. The van der Waals surface area contributed by atoms with E-state index in [1.165, 1.54) is 29.4 Å². The molecule has 0 unspecified atom stereocenters. The lowest BCUT2D eigenvalue weighted by Gasteiger charge is -2.21. The zero-order valence-corrected chi connectivity index (χ0v) is 21.7. The Morgan fingerprint density at radius 3 is 2.94 bits per heavy atom. The summed E-state index contributed by atoms with van der Waals surface area (Å²) >= 11 is 1.61. The summed E-state index contributed by atoms with van der Waals surface area (Å²) in [5, 5.41) is 6.49. The molecular formula is C28H33N3O3S. The number of thiazole rings is 1. The summed E-state index contributed by atoms with van der Waals surface area (Å²) in [6.45, 7) is 9.56. The predicted molar refractivity (Wildman–Crippen MR) is 140 cm³/mol. The standard InChI is InChI=1S/C28H33N3O3S/c1-17-6-5-7-23(25-16-35-28(30-25)31-14-22(11-19(31)3)27(32)33-4)26(17)34-15-20-10-18(2)24-13-29-9-8-21(24)12-20/h5-7,10,12,16,19,22,29H,8-9,11,13-15H2,1-4H3/t19-,22+/m0/s1. The van der Waals surface area contributed by atoms with Crippen LogP contribution in [-0.2, 0) is 29.1 Å². The third-order valence-corrected chi connectivity index (χ3v) is 8.09. The normalized spacial score (nSPS) is 19.5. The number of hydrogen-bond donors (Lipinski definition) is 1. The highest BCUT2D eigenvalue weighted by Gasteiger charge is 2.35. The second kappa shape index (κ2) is 9.99. The van der Waals surface area contributed by atoms with Crippen molar-refractivity contribution < 1.29 is 14.3 Å². The average Bonchev–Trinajstić information content (AvgIpc) is 3.49. The van der Waals surface area contributed by atoms with E-state index in [0.29, 0.717) is 13.2 Å². The van der Waals surface area contributed by atoms with Crippen LogP contribution < -0.4 is 15.0 Å². The van der Waals surface area contributed by atoms with Gasteiger partial charge in [0.1, 0.15) is 12.4 Å².